The summed E-state index contributed by atoms with van der Waals surface area (Å²) in [6, 6.07) is 22.7. The van der Waals surface area contributed by atoms with E-state index in [1.807, 2.05) is 43.3 Å². The molecule has 1 aliphatic heterocycles. The lowest BCUT2D eigenvalue weighted by Crippen LogP contribution is -2.29. The van der Waals surface area contributed by atoms with Gasteiger partial charge >= 0.3 is 0 Å². The van der Waals surface area contributed by atoms with Crippen molar-refractivity contribution in [1.29, 1.82) is 0 Å². The van der Waals surface area contributed by atoms with E-state index in [1.165, 1.54) is 28.6 Å². The van der Waals surface area contributed by atoms with E-state index in [0.29, 0.717) is 5.75 Å². The topological polar surface area (TPSA) is 53.9 Å². The molecule has 0 bridgehead atoms. The lowest BCUT2D eigenvalue weighted by molar-refractivity contribution is -0.118. The Balaban J connectivity index is 1.38. The number of hydrazone groups is 1. The van der Waals surface area contributed by atoms with E-state index in [0.717, 1.165) is 47.7 Å². The molecule has 3 aromatic rings. The van der Waals surface area contributed by atoms with Crippen LogP contribution in [0.1, 0.15) is 28.7 Å². The Morgan fingerprint density at radius 1 is 1.15 bits per heavy atom. The molecule has 33 heavy (non-hydrogen) atoms. The Bertz CT molecular complexity index is 1130. The molecule has 170 valence electrons. The van der Waals surface area contributed by atoms with Gasteiger partial charge in [0.15, 0.2) is 0 Å². The smallest absolute Gasteiger partial charge is 0.250 e. The normalized spacial score (nSPS) is 13.1. The molecule has 1 heterocycles. The number of nitrogens with one attached hydrogen (secondary N) is 1. The van der Waals surface area contributed by atoms with Crippen molar-refractivity contribution < 1.29 is 9.53 Å². The molecule has 0 spiro atoms. The molecule has 0 saturated carbocycles. The van der Waals surface area contributed by atoms with Crippen LogP contribution in [0.5, 0.6) is 5.75 Å². The number of anilines is 1. The second-order valence-corrected chi connectivity index (χ2v) is 9.17. The minimum atomic E-state index is -0.129. The van der Waals surface area contributed by atoms with E-state index >= 15 is 0 Å². The molecule has 3 aromatic carbocycles. The first-order valence-electron chi connectivity index (χ1n) is 11.1. The molecular weight excluding hydrogens is 430 g/mol. The van der Waals surface area contributed by atoms with Gasteiger partial charge in [-0.1, -0.05) is 35.9 Å². The van der Waals surface area contributed by atoms with Crippen LogP contribution in [-0.2, 0) is 17.8 Å². The zero-order valence-corrected chi connectivity index (χ0v) is 19.9. The van der Waals surface area contributed by atoms with Crippen molar-refractivity contribution in [3.8, 4) is 5.75 Å². The van der Waals surface area contributed by atoms with Crippen molar-refractivity contribution in [1.82, 2.24) is 5.43 Å². The number of methoxy groups -OCH3 is 1. The summed E-state index contributed by atoms with van der Waals surface area (Å²) in [5.74, 6) is 1.05. The van der Waals surface area contributed by atoms with Gasteiger partial charge in [-0.15, -0.1) is 11.8 Å². The minimum Gasteiger partial charge on any atom is -0.496 e. The Kier molecular flexibility index (Phi) is 7.68. The van der Waals surface area contributed by atoms with Crippen LogP contribution in [0.2, 0.25) is 0 Å². The number of hydrogen-bond acceptors (Lipinski definition) is 5. The van der Waals surface area contributed by atoms with Crippen LogP contribution >= 0.6 is 11.8 Å². The molecule has 0 saturated heterocycles. The van der Waals surface area contributed by atoms with Crippen molar-refractivity contribution in [2.24, 2.45) is 5.10 Å². The summed E-state index contributed by atoms with van der Waals surface area (Å²) < 4.78 is 5.61. The predicted molar refractivity (Wildman–Crippen MR) is 136 cm³/mol. The second-order valence-electron chi connectivity index (χ2n) is 8.12. The monoisotopic (exact) mass is 459 g/mol. The van der Waals surface area contributed by atoms with Crippen LogP contribution in [0.15, 0.2) is 76.7 Å². The van der Waals surface area contributed by atoms with Gasteiger partial charge in [0, 0.05) is 29.2 Å². The molecule has 1 amide bonds. The highest BCUT2D eigenvalue weighted by Gasteiger charge is 2.18. The number of amides is 1. The number of nitrogens with zero attached hydrogens (tertiary/aromatic N) is 2. The molecule has 4 rings (SSSR count). The van der Waals surface area contributed by atoms with E-state index in [-0.39, 0.29) is 5.91 Å². The number of benzene rings is 3. The third-order valence-corrected chi connectivity index (χ3v) is 6.68. The maximum atomic E-state index is 12.1. The largest absolute Gasteiger partial charge is 0.496 e. The number of fused-ring (bicyclic) bond motifs is 1. The van der Waals surface area contributed by atoms with Crippen LogP contribution in [0.25, 0.3) is 0 Å². The van der Waals surface area contributed by atoms with Gasteiger partial charge < -0.3 is 9.64 Å². The molecule has 0 radical (unpaired) electrons. The first-order chi connectivity index (χ1) is 16.1. The fourth-order valence-electron chi connectivity index (χ4n) is 3.98. The summed E-state index contributed by atoms with van der Waals surface area (Å²) in [6.07, 6.45) is 3.95. The molecule has 5 nitrogen and oxygen atoms in total. The van der Waals surface area contributed by atoms with E-state index in [2.05, 4.69) is 45.8 Å². The number of rotatable bonds is 8. The van der Waals surface area contributed by atoms with Crippen molar-refractivity contribution in [2.45, 2.75) is 31.2 Å². The lowest BCUT2D eigenvalue weighted by Gasteiger charge is -2.31. The summed E-state index contributed by atoms with van der Waals surface area (Å²) >= 11 is 1.50. The van der Waals surface area contributed by atoms with Crippen LogP contribution in [0.3, 0.4) is 0 Å². The van der Waals surface area contributed by atoms with Gasteiger partial charge in [-0.05, 0) is 67.3 Å². The van der Waals surface area contributed by atoms with Gasteiger partial charge in [0.05, 0.1) is 19.1 Å². The van der Waals surface area contributed by atoms with Gasteiger partial charge in [0.1, 0.15) is 5.75 Å². The number of para-hydroxylation sites is 1. The molecule has 1 aliphatic rings. The Morgan fingerprint density at radius 2 is 1.97 bits per heavy atom. The number of thioether (sulfide) groups is 1. The number of carbonyl (C=O) groups excluding carboxylic acids is 1. The fraction of sp³-hybridized carbons (Fsp3) is 0.259. The highest BCUT2D eigenvalue weighted by molar-refractivity contribution is 8.00. The molecule has 0 atom stereocenters. The molecule has 6 heteroatoms. The third kappa shape index (κ3) is 6.17. The summed E-state index contributed by atoms with van der Waals surface area (Å²) in [7, 11) is 1.70. The summed E-state index contributed by atoms with van der Waals surface area (Å²) in [6.45, 7) is 3.83. The van der Waals surface area contributed by atoms with E-state index in [4.69, 9.17) is 4.74 Å². The van der Waals surface area contributed by atoms with Gasteiger partial charge in [-0.3, -0.25) is 4.79 Å². The number of hydrogen-bond donors (Lipinski definition) is 1. The molecule has 1 N–H and O–H groups in total. The van der Waals surface area contributed by atoms with Crippen LogP contribution in [0.4, 0.5) is 5.69 Å². The van der Waals surface area contributed by atoms with Gasteiger partial charge in [0.25, 0.3) is 0 Å². The van der Waals surface area contributed by atoms with Crippen molar-refractivity contribution in [3.63, 3.8) is 0 Å². The van der Waals surface area contributed by atoms with Crippen molar-refractivity contribution in [3.05, 3.63) is 89.0 Å². The number of aryl methyl sites for hydroxylation is 2. The predicted octanol–water partition coefficient (Wildman–Crippen LogP) is 5.20. The molecule has 0 fully saturated rings. The average Bonchev–Trinajstić information content (AvgIpc) is 2.84. The van der Waals surface area contributed by atoms with Crippen LogP contribution in [-0.4, -0.2) is 31.5 Å². The second kappa shape index (κ2) is 11.1. The zero-order valence-electron chi connectivity index (χ0n) is 19.1. The van der Waals surface area contributed by atoms with Gasteiger partial charge in [-0.25, -0.2) is 5.43 Å². The van der Waals surface area contributed by atoms with E-state index in [1.54, 1.807) is 13.3 Å². The van der Waals surface area contributed by atoms with Crippen molar-refractivity contribution >= 4 is 29.6 Å². The SMILES string of the molecule is COc1ccc(/C=N/NC(=O)CSc2ccc(C)cc2)cc1CN1CCCc2ccccc21. The number of carbonyl (C=O) groups is 1. The Morgan fingerprint density at radius 3 is 2.79 bits per heavy atom. The molecule has 0 unspecified atom stereocenters. The first-order valence-corrected chi connectivity index (χ1v) is 12.1. The maximum absolute atomic E-state index is 12.1. The molecule has 0 aliphatic carbocycles. The highest BCUT2D eigenvalue weighted by atomic mass is 32.2. The quantitative estimate of drug-likeness (QED) is 0.286. The van der Waals surface area contributed by atoms with Crippen LogP contribution < -0.4 is 15.1 Å². The minimum absolute atomic E-state index is 0.129. The average molecular weight is 460 g/mol. The summed E-state index contributed by atoms with van der Waals surface area (Å²) in [4.78, 5) is 15.6. The van der Waals surface area contributed by atoms with Gasteiger partial charge in [0.2, 0.25) is 5.91 Å². The van der Waals surface area contributed by atoms with Gasteiger partial charge in [-0.2, -0.15) is 5.10 Å². The summed E-state index contributed by atoms with van der Waals surface area (Å²) in [5.41, 5.74) is 8.53. The third-order valence-electron chi connectivity index (χ3n) is 5.67. The van der Waals surface area contributed by atoms with E-state index in [9.17, 15) is 4.79 Å². The zero-order chi connectivity index (χ0) is 23.0. The Hall–Kier alpha value is -3.25. The molecular formula is C27H29N3O2S. The highest BCUT2D eigenvalue weighted by Crippen LogP contribution is 2.30. The standard InChI is InChI=1S/C27H29N3O2S/c1-20-9-12-24(13-10-20)33-19-27(31)29-28-17-21-11-14-26(32-2)23(16-21)18-30-15-5-7-22-6-3-4-8-25(22)30/h3-4,6,8-14,16-17H,5,7,15,18-19H2,1-2H3,(H,29,31)/b28-17+. The fourth-order valence-corrected chi connectivity index (χ4v) is 4.67. The summed E-state index contributed by atoms with van der Waals surface area (Å²) in [5, 5.41) is 4.16. The maximum Gasteiger partial charge on any atom is 0.250 e. The first kappa shape index (κ1) is 22.9. The van der Waals surface area contributed by atoms with Crippen LogP contribution in [0, 0.1) is 6.92 Å². The lowest BCUT2D eigenvalue weighted by atomic mass is 10.0. The van der Waals surface area contributed by atoms with Crippen molar-refractivity contribution in [2.75, 3.05) is 24.3 Å². The molecule has 0 aromatic heterocycles. The van der Waals surface area contributed by atoms with E-state index < -0.39 is 0 Å². The Labute approximate surface area is 199 Å². The number of ether oxygens (including phenoxy) is 1.